The van der Waals surface area contributed by atoms with E-state index >= 15 is 0 Å². The van der Waals surface area contributed by atoms with E-state index < -0.39 is 0 Å². The molecule has 124 valence electrons. The van der Waals surface area contributed by atoms with Gasteiger partial charge in [0.05, 0.1) is 5.69 Å². The lowest BCUT2D eigenvalue weighted by Crippen LogP contribution is -2.16. The highest BCUT2D eigenvalue weighted by Gasteiger charge is 2.19. The highest BCUT2D eigenvalue weighted by Crippen LogP contribution is 2.24. The first-order valence-electron chi connectivity index (χ1n) is 8.44. The lowest BCUT2D eigenvalue weighted by molar-refractivity contribution is 0.102. The quantitative estimate of drug-likeness (QED) is 0.596. The Balaban J connectivity index is 1.80. The minimum Gasteiger partial charge on any atom is -0.320 e. The van der Waals surface area contributed by atoms with E-state index in [0.717, 1.165) is 33.4 Å². The van der Waals surface area contributed by atoms with Crippen LogP contribution in [0.3, 0.4) is 0 Å². The Bertz CT molecular complexity index is 1090. The van der Waals surface area contributed by atoms with Crippen molar-refractivity contribution in [3.63, 3.8) is 0 Å². The van der Waals surface area contributed by atoms with E-state index in [2.05, 4.69) is 10.3 Å². The van der Waals surface area contributed by atoms with Crippen LogP contribution < -0.4 is 5.32 Å². The van der Waals surface area contributed by atoms with Crippen LogP contribution in [-0.2, 0) is 6.42 Å². The highest BCUT2D eigenvalue weighted by molar-refractivity contribution is 6.09. The van der Waals surface area contributed by atoms with Gasteiger partial charge in [-0.05, 0) is 42.5 Å². The Labute approximate surface area is 146 Å². The number of benzene rings is 2. The number of aryl methyl sites for hydroxylation is 2. The first-order valence-corrected chi connectivity index (χ1v) is 8.44. The number of nitrogens with zero attached hydrogens (tertiary/aromatic N) is 2. The van der Waals surface area contributed by atoms with Crippen molar-refractivity contribution in [2.24, 2.45) is 0 Å². The molecule has 0 aliphatic carbocycles. The second-order valence-corrected chi connectivity index (χ2v) is 6.17. The van der Waals surface area contributed by atoms with Crippen molar-refractivity contribution in [1.82, 2.24) is 9.38 Å². The zero-order valence-electron chi connectivity index (χ0n) is 14.3. The number of carbonyl (C=O) groups is 1. The van der Waals surface area contributed by atoms with E-state index in [0.29, 0.717) is 12.1 Å². The normalized spacial score (nSPS) is 11.1. The largest absolute Gasteiger partial charge is 0.320 e. The van der Waals surface area contributed by atoms with Gasteiger partial charge in [-0.25, -0.2) is 4.98 Å². The number of imidazole rings is 1. The van der Waals surface area contributed by atoms with Crippen molar-refractivity contribution in [3.05, 3.63) is 77.7 Å². The molecule has 25 heavy (non-hydrogen) atoms. The molecular formula is C21H19N3O. The molecule has 2 aromatic heterocycles. The van der Waals surface area contributed by atoms with E-state index in [1.807, 2.05) is 79.0 Å². The number of hydrogen-bond donors (Lipinski definition) is 1. The van der Waals surface area contributed by atoms with Crippen molar-refractivity contribution < 1.29 is 4.79 Å². The number of aromatic nitrogens is 2. The van der Waals surface area contributed by atoms with Crippen LogP contribution in [-0.4, -0.2) is 15.3 Å². The fourth-order valence-corrected chi connectivity index (χ4v) is 3.20. The van der Waals surface area contributed by atoms with Crippen LogP contribution in [0.1, 0.15) is 28.7 Å². The minimum atomic E-state index is -0.135. The van der Waals surface area contributed by atoms with Crippen molar-refractivity contribution in [2.45, 2.75) is 20.3 Å². The summed E-state index contributed by atoms with van der Waals surface area (Å²) in [4.78, 5) is 17.6. The summed E-state index contributed by atoms with van der Waals surface area (Å²) in [6, 6.07) is 17.9. The molecule has 0 bridgehead atoms. The van der Waals surface area contributed by atoms with Crippen LogP contribution in [0.2, 0.25) is 0 Å². The second kappa shape index (κ2) is 6.06. The average molecular weight is 329 g/mol. The SMILES string of the molecule is CCc1nc2cc(C)ccn2c1C(=O)Nc1cccc2ccccc12. The van der Waals surface area contributed by atoms with Gasteiger partial charge in [-0.15, -0.1) is 0 Å². The third-order valence-electron chi connectivity index (χ3n) is 4.44. The predicted molar refractivity (Wildman–Crippen MR) is 101 cm³/mol. The van der Waals surface area contributed by atoms with Crippen LogP contribution >= 0.6 is 0 Å². The van der Waals surface area contributed by atoms with Gasteiger partial charge in [-0.3, -0.25) is 9.20 Å². The van der Waals surface area contributed by atoms with Crippen LogP contribution in [0.25, 0.3) is 16.4 Å². The van der Waals surface area contributed by atoms with Gasteiger partial charge in [0.2, 0.25) is 0 Å². The van der Waals surface area contributed by atoms with Crippen molar-refractivity contribution >= 4 is 28.0 Å². The number of fused-ring (bicyclic) bond motifs is 2. The summed E-state index contributed by atoms with van der Waals surface area (Å²) in [5.74, 6) is -0.135. The standard InChI is InChI=1S/C21H19N3O/c1-3-17-20(24-12-11-14(2)13-19(24)22-17)21(25)23-18-10-6-8-15-7-4-5-9-16(15)18/h4-13H,3H2,1-2H3,(H,23,25). The van der Waals surface area contributed by atoms with Crippen molar-refractivity contribution in [2.75, 3.05) is 5.32 Å². The fourth-order valence-electron chi connectivity index (χ4n) is 3.20. The molecule has 0 atom stereocenters. The third kappa shape index (κ3) is 2.66. The maximum absolute atomic E-state index is 13.0. The van der Waals surface area contributed by atoms with E-state index in [1.54, 1.807) is 0 Å². The molecule has 0 saturated carbocycles. The Morgan fingerprint density at radius 3 is 2.76 bits per heavy atom. The Hall–Kier alpha value is -3.14. The lowest BCUT2D eigenvalue weighted by Gasteiger charge is -2.09. The average Bonchev–Trinajstić information content (AvgIpc) is 2.99. The minimum absolute atomic E-state index is 0.135. The third-order valence-corrected chi connectivity index (χ3v) is 4.44. The molecule has 0 fully saturated rings. The number of carbonyl (C=O) groups excluding carboxylic acids is 1. The molecule has 0 spiro atoms. The fraction of sp³-hybridized carbons (Fsp3) is 0.143. The number of nitrogens with one attached hydrogen (secondary N) is 1. The van der Waals surface area contributed by atoms with Crippen LogP contribution in [0.15, 0.2) is 60.8 Å². The maximum atomic E-state index is 13.0. The van der Waals surface area contributed by atoms with Crippen LogP contribution in [0.5, 0.6) is 0 Å². The van der Waals surface area contributed by atoms with Gasteiger partial charge < -0.3 is 5.32 Å². The summed E-state index contributed by atoms with van der Waals surface area (Å²) in [5, 5.41) is 5.20. The number of rotatable bonds is 3. The topological polar surface area (TPSA) is 46.4 Å². The maximum Gasteiger partial charge on any atom is 0.274 e. The smallest absolute Gasteiger partial charge is 0.274 e. The van der Waals surface area contributed by atoms with E-state index in [4.69, 9.17) is 0 Å². The first-order chi connectivity index (χ1) is 12.2. The van der Waals surface area contributed by atoms with Gasteiger partial charge in [0.15, 0.2) is 0 Å². The number of amides is 1. The molecule has 0 unspecified atom stereocenters. The monoisotopic (exact) mass is 329 g/mol. The summed E-state index contributed by atoms with van der Waals surface area (Å²) in [7, 11) is 0. The first kappa shape index (κ1) is 15.4. The lowest BCUT2D eigenvalue weighted by atomic mass is 10.1. The molecular weight excluding hydrogens is 310 g/mol. The summed E-state index contributed by atoms with van der Waals surface area (Å²) >= 11 is 0. The van der Waals surface area contributed by atoms with Gasteiger partial charge in [-0.1, -0.05) is 43.3 Å². The van der Waals surface area contributed by atoms with Gasteiger partial charge in [-0.2, -0.15) is 0 Å². The molecule has 4 rings (SSSR count). The Kier molecular flexibility index (Phi) is 3.73. The predicted octanol–water partition coefficient (Wildman–Crippen LogP) is 4.61. The molecule has 0 aliphatic rings. The number of hydrogen-bond acceptors (Lipinski definition) is 2. The summed E-state index contributed by atoms with van der Waals surface area (Å²) in [6.07, 6.45) is 2.62. The number of pyridine rings is 1. The molecule has 2 aromatic carbocycles. The molecule has 4 heteroatoms. The van der Waals surface area contributed by atoms with Crippen LogP contribution in [0.4, 0.5) is 5.69 Å². The highest BCUT2D eigenvalue weighted by atomic mass is 16.2. The van der Waals surface area contributed by atoms with Gasteiger partial charge in [0.1, 0.15) is 11.3 Å². The van der Waals surface area contributed by atoms with Gasteiger partial charge >= 0.3 is 0 Å². The Morgan fingerprint density at radius 1 is 1.12 bits per heavy atom. The van der Waals surface area contributed by atoms with E-state index in [1.165, 1.54) is 0 Å². The zero-order valence-corrected chi connectivity index (χ0v) is 14.3. The Morgan fingerprint density at radius 2 is 1.92 bits per heavy atom. The molecule has 1 N–H and O–H groups in total. The molecule has 1 amide bonds. The molecule has 0 saturated heterocycles. The second-order valence-electron chi connectivity index (χ2n) is 6.17. The van der Waals surface area contributed by atoms with Crippen molar-refractivity contribution in [3.8, 4) is 0 Å². The summed E-state index contributed by atoms with van der Waals surface area (Å²) in [5.41, 5.74) is 4.15. The molecule has 2 heterocycles. The molecule has 4 nitrogen and oxygen atoms in total. The summed E-state index contributed by atoms with van der Waals surface area (Å²) < 4.78 is 1.87. The molecule has 0 aliphatic heterocycles. The van der Waals surface area contributed by atoms with Gasteiger partial charge in [0, 0.05) is 17.3 Å². The summed E-state index contributed by atoms with van der Waals surface area (Å²) in [6.45, 7) is 4.04. The van der Waals surface area contributed by atoms with Gasteiger partial charge in [0.25, 0.3) is 5.91 Å². The molecule has 0 radical (unpaired) electrons. The molecule has 4 aromatic rings. The van der Waals surface area contributed by atoms with Crippen molar-refractivity contribution in [1.29, 1.82) is 0 Å². The number of anilines is 1. The van der Waals surface area contributed by atoms with Crippen LogP contribution in [0, 0.1) is 6.92 Å². The zero-order chi connectivity index (χ0) is 17.4. The van der Waals surface area contributed by atoms with E-state index in [9.17, 15) is 4.79 Å². The van der Waals surface area contributed by atoms with E-state index in [-0.39, 0.29) is 5.91 Å².